The molecule has 1 aromatic heterocycles. The largest absolute Gasteiger partial charge is 0.336 e. The number of aromatic nitrogens is 2. The van der Waals surface area contributed by atoms with E-state index in [9.17, 15) is 4.79 Å². The first-order chi connectivity index (χ1) is 10.0. The molecule has 1 aromatic carbocycles. The lowest BCUT2D eigenvalue weighted by Gasteiger charge is -2.17. The topological polar surface area (TPSA) is 64.2 Å². The SMILES string of the molecule is CN(Cc1ccc(Cl)cc1Cl)C(=O)c1cn(CCN)cn1. The molecule has 7 heteroatoms. The Hall–Kier alpha value is -1.56. The minimum Gasteiger partial charge on any atom is -0.336 e. The summed E-state index contributed by atoms with van der Waals surface area (Å²) in [6.07, 6.45) is 3.29. The van der Waals surface area contributed by atoms with Crippen molar-refractivity contribution in [1.29, 1.82) is 0 Å². The smallest absolute Gasteiger partial charge is 0.274 e. The highest BCUT2D eigenvalue weighted by molar-refractivity contribution is 6.35. The third kappa shape index (κ3) is 3.97. The van der Waals surface area contributed by atoms with Gasteiger partial charge in [-0.05, 0) is 17.7 Å². The lowest BCUT2D eigenvalue weighted by Crippen LogP contribution is -2.26. The molecule has 2 aromatic rings. The van der Waals surface area contributed by atoms with Crippen LogP contribution in [0.25, 0.3) is 0 Å². The Morgan fingerprint density at radius 1 is 1.43 bits per heavy atom. The summed E-state index contributed by atoms with van der Waals surface area (Å²) in [4.78, 5) is 18.0. The molecule has 2 rings (SSSR count). The van der Waals surface area contributed by atoms with Crippen LogP contribution < -0.4 is 5.73 Å². The third-order valence-corrected chi connectivity index (χ3v) is 3.60. The predicted molar refractivity (Wildman–Crippen MR) is 83.5 cm³/mol. The molecule has 0 saturated heterocycles. The maximum atomic E-state index is 12.3. The van der Waals surface area contributed by atoms with Gasteiger partial charge in [-0.2, -0.15) is 0 Å². The molecule has 0 aliphatic heterocycles. The molecule has 0 atom stereocenters. The van der Waals surface area contributed by atoms with E-state index in [0.29, 0.717) is 35.4 Å². The minimum atomic E-state index is -0.170. The molecule has 0 bridgehead atoms. The van der Waals surface area contributed by atoms with Crippen LogP contribution in [0.3, 0.4) is 0 Å². The number of imidazole rings is 1. The van der Waals surface area contributed by atoms with Gasteiger partial charge >= 0.3 is 0 Å². The summed E-state index contributed by atoms with van der Waals surface area (Å²) in [5, 5.41) is 1.11. The lowest BCUT2D eigenvalue weighted by atomic mass is 10.2. The van der Waals surface area contributed by atoms with Crippen molar-refractivity contribution in [3.05, 3.63) is 52.0 Å². The summed E-state index contributed by atoms with van der Waals surface area (Å²) in [5.41, 5.74) is 6.68. The Morgan fingerprint density at radius 2 is 2.19 bits per heavy atom. The van der Waals surface area contributed by atoms with E-state index >= 15 is 0 Å². The zero-order valence-electron chi connectivity index (χ0n) is 11.6. The van der Waals surface area contributed by atoms with Gasteiger partial charge in [-0.1, -0.05) is 29.3 Å². The summed E-state index contributed by atoms with van der Waals surface area (Å²) in [6.45, 7) is 1.52. The Bertz CT molecular complexity index is 642. The van der Waals surface area contributed by atoms with E-state index in [1.165, 1.54) is 0 Å². The van der Waals surface area contributed by atoms with Crippen molar-refractivity contribution in [2.24, 2.45) is 5.73 Å². The van der Waals surface area contributed by atoms with Crippen LogP contribution in [0.5, 0.6) is 0 Å². The molecule has 1 amide bonds. The fraction of sp³-hybridized carbons (Fsp3) is 0.286. The van der Waals surface area contributed by atoms with Crippen molar-refractivity contribution < 1.29 is 4.79 Å². The average Bonchev–Trinajstić information content (AvgIpc) is 2.90. The zero-order chi connectivity index (χ0) is 15.4. The molecular weight excluding hydrogens is 311 g/mol. The van der Waals surface area contributed by atoms with Gasteiger partial charge in [0.2, 0.25) is 0 Å². The molecule has 0 radical (unpaired) electrons. The highest BCUT2D eigenvalue weighted by atomic mass is 35.5. The van der Waals surface area contributed by atoms with Crippen LogP contribution in [0.2, 0.25) is 10.0 Å². The van der Waals surface area contributed by atoms with Gasteiger partial charge in [0, 0.05) is 42.9 Å². The van der Waals surface area contributed by atoms with Crippen molar-refractivity contribution >= 4 is 29.1 Å². The monoisotopic (exact) mass is 326 g/mol. The summed E-state index contributed by atoms with van der Waals surface area (Å²) < 4.78 is 1.79. The van der Waals surface area contributed by atoms with E-state index < -0.39 is 0 Å². The van der Waals surface area contributed by atoms with Crippen molar-refractivity contribution in [3.63, 3.8) is 0 Å². The average molecular weight is 327 g/mol. The van der Waals surface area contributed by atoms with Crippen LogP contribution in [-0.2, 0) is 13.1 Å². The highest BCUT2D eigenvalue weighted by Gasteiger charge is 2.16. The first-order valence-corrected chi connectivity index (χ1v) is 7.18. The fourth-order valence-electron chi connectivity index (χ4n) is 1.91. The van der Waals surface area contributed by atoms with Crippen LogP contribution in [0.4, 0.5) is 0 Å². The van der Waals surface area contributed by atoms with E-state index in [1.54, 1.807) is 41.2 Å². The molecule has 0 aliphatic carbocycles. The molecule has 112 valence electrons. The highest BCUT2D eigenvalue weighted by Crippen LogP contribution is 2.22. The molecule has 0 spiro atoms. The number of benzene rings is 1. The second-order valence-corrected chi connectivity index (χ2v) is 5.53. The molecule has 1 heterocycles. The summed E-state index contributed by atoms with van der Waals surface area (Å²) in [6, 6.07) is 5.21. The fourth-order valence-corrected chi connectivity index (χ4v) is 2.38. The number of amides is 1. The van der Waals surface area contributed by atoms with E-state index in [4.69, 9.17) is 28.9 Å². The number of rotatable bonds is 5. The molecule has 0 unspecified atom stereocenters. The van der Waals surface area contributed by atoms with Gasteiger partial charge in [0.05, 0.1) is 6.33 Å². The maximum absolute atomic E-state index is 12.3. The van der Waals surface area contributed by atoms with Crippen molar-refractivity contribution in [1.82, 2.24) is 14.5 Å². The van der Waals surface area contributed by atoms with Gasteiger partial charge in [-0.3, -0.25) is 4.79 Å². The molecule has 0 aliphatic rings. The van der Waals surface area contributed by atoms with Gasteiger partial charge in [-0.15, -0.1) is 0 Å². The number of halogens is 2. The Labute approximate surface area is 133 Å². The van der Waals surface area contributed by atoms with Crippen LogP contribution >= 0.6 is 23.2 Å². The van der Waals surface area contributed by atoms with Crippen LogP contribution in [-0.4, -0.2) is 34.0 Å². The van der Waals surface area contributed by atoms with Crippen LogP contribution in [0.1, 0.15) is 16.1 Å². The quantitative estimate of drug-likeness (QED) is 0.917. The summed E-state index contributed by atoms with van der Waals surface area (Å²) in [7, 11) is 1.70. The summed E-state index contributed by atoms with van der Waals surface area (Å²) >= 11 is 12.0. The standard InChI is InChI=1S/C14H16Cl2N4O/c1-19(7-10-2-3-11(15)6-12(10)16)14(21)13-8-20(5-4-17)9-18-13/h2-3,6,8-9H,4-5,7,17H2,1H3. The van der Waals surface area contributed by atoms with E-state index in [0.717, 1.165) is 5.56 Å². The third-order valence-electron chi connectivity index (χ3n) is 3.01. The Morgan fingerprint density at radius 3 is 2.86 bits per heavy atom. The van der Waals surface area contributed by atoms with Crippen molar-refractivity contribution in [2.45, 2.75) is 13.1 Å². The Balaban J connectivity index is 2.08. The number of hydrogen-bond donors (Lipinski definition) is 1. The van der Waals surface area contributed by atoms with Gasteiger partial charge in [-0.25, -0.2) is 4.98 Å². The number of nitrogens with zero attached hydrogens (tertiary/aromatic N) is 3. The normalized spacial score (nSPS) is 10.7. The Kier molecular flexibility index (Phi) is 5.22. The molecule has 2 N–H and O–H groups in total. The maximum Gasteiger partial charge on any atom is 0.274 e. The van der Waals surface area contributed by atoms with Crippen molar-refractivity contribution in [2.75, 3.05) is 13.6 Å². The number of carbonyl (C=O) groups excluding carboxylic acids is 1. The van der Waals surface area contributed by atoms with Gasteiger partial charge < -0.3 is 15.2 Å². The lowest BCUT2D eigenvalue weighted by molar-refractivity contribution is 0.0780. The van der Waals surface area contributed by atoms with Gasteiger partial charge in [0.25, 0.3) is 5.91 Å². The summed E-state index contributed by atoms with van der Waals surface area (Å²) in [5.74, 6) is -0.170. The number of carbonyl (C=O) groups is 1. The molecule has 21 heavy (non-hydrogen) atoms. The first-order valence-electron chi connectivity index (χ1n) is 6.42. The molecule has 0 fully saturated rings. The molecular formula is C14H16Cl2N4O. The predicted octanol–water partition coefficient (Wildman–Crippen LogP) is 2.42. The van der Waals surface area contributed by atoms with Gasteiger partial charge in [0.1, 0.15) is 5.69 Å². The molecule has 0 saturated carbocycles. The van der Waals surface area contributed by atoms with Crippen molar-refractivity contribution in [3.8, 4) is 0 Å². The number of hydrogen-bond acceptors (Lipinski definition) is 3. The van der Waals surface area contributed by atoms with Crippen LogP contribution in [0, 0.1) is 0 Å². The second-order valence-electron chi connectivity index (χ2n) is 4.68. The van der Waals surface area contributed by atoms with Gasteiger partial charge in [0.15, 0.2) is 0 Å². The van der Waals surface area contributed by atoms with E-state index in [1.807, 2.05) is 6.07 Å². The molecule has 5 nitrogen and oxygen atoms in total. The second kappa shape index (κ2) is 6.93. The first kappa shape index (κ1) is 15.8. The van der Waals surface area contributed by atoms with E-state index in [-0.39, 0.29) is 5.91 Å². The minimum absolute atomic E-state index is 0.170. The zero-order valence-corrected chi connectivity index (χ0v) is 13.1. The van der Waals surface area contributed by atoms with Crippen LogP contribution in [0.15, 0.2) is 30.7 Å². The number of nitrogens with two attached hydrogens (primary N) is 1. The van der Waals surface area contributed by atoms with E-state index in [2.05, 4.69) is 4.98 Å².